The van der Waals surface area contributed by atoms with Crippen LogP contribution in [0.5, 0.6) is 0 Å². The molecule has 2 aromatic heterocycles. The van der Waals surface area contributed by atoms with Crippen LogP contribution in [0.15, 0.2) is 61.2 Å². The number of benzene rings is 1. The Labute approximate surface area is 184 Å². The van der Waals surface area contributed by atoms with Gasteiger partial charge in [0.25, 0.3) is 0 Å². The van der Waals surface area contributed by atoms with Crippen molar-refractivity contribution in [3.8, 4) is 0 Å². The van der Waals surface area contributed by atoms with E-state index in [9.17, 15) is 0 Å². The molecule has 1 aliphatic heterocycles. The molecule has 3 aromatic rings. The number of nitrogens with zero attached hydrogens (tertiary/aromatic N) is 4. The van der Waals surface area contributed by atoms with E-state index in [0.717, 1.165) is 37.6 Å². The molecule has 0 aliphatic carbocycles. The summed E-state index contributed by atoms with van der Waals surface area (Å²) < 4.78 is 5.60. The van der Waals surface area contributed by atoms with Crippen molar-refractivity contribution in [3.63, 3.8) is 0 Å². The Balaban J connectivity index is 1.27. The molecular formula is C24H31N5S. The van der Waals surface area contributed by atoms with Crippen molar-refractivity contribution in [1.82, 2.24) is 19.4 Å². The Kier molecular flexibility index (Phi) is 7.07. The van der Waals surface area contributed by atoms with E-state index in [-0.39, 0.29) is 0 Å². The number of rotatable bonds is 8. The van der Waals surface area contributed by atoms with Crippen LogP contribution in [-0.2, 0) is 13.1 Å². The van der Waals surface area contributed by atoms with Crippen LogP contribution in [-0.4, -0.2) is 37.8 Å². The van der Waals surface area contributed by atoms with Crippen molar-refractivity contribution in [2.45, 2.75) is 50.9 Å². The number of anilines is 1. The lowest BCUT2D eigenvalue weighted by Gasteiger charge is -2.31. The monoisotopic (exact) mass is 421 g/mol. The van der Waals surface area contributed by atoms with Crippen molar-refractivity contribution >= 4 is 17.6 Å². The van der Waals surface area contributed by atoms with E-state index in [1.54, 1.807) is 11.9 Å². The van der Waals surface area contributed by atoms with Crippen LogP contribution in [0.4, 0.5) is 5.69 Å². The highest BCUT2D eigenvalue weighted by Crippen LogP contribution is 2.30. The largest absolute Gasteiger partial charge is 0.331 e. The van der Waals surface area contributed by atoms with Crippen LogP contribution in [0.25, 0.3) is 0 Å². The number of hydrogen-bond donors (Lipinski definition) is 1. The van der Waals surface area contributed by atoms with Crippen LogP contribution in [0.1, 0.15) is 49.6 Å². The summed E-state index contributed by atoms with van der Waals surface area (Å²) in [5, 5.41) is 0.573. The third-order valence-corrected chi connectivity index (χ3v) is 6.33. The zero-order chi connectivity index (χ0) is 20.8. The maximum Gasteiger partial charge on any atom is 0.0953 e. The second-order valence-corrected chi connectivity index (χ2v) is 9.69. The van der Waals surface area contributed by atoms with Crippen molar-refractivity contribution in [1.29, 1.82) is 0 Å². The van der Waals surface area contributed by atoms with Gasteiger partial charge in [-0.05, 0) is 73.6 Å². The Morgan fingerprint density at radius 2 is 1.90 bits per heavy atom. The zero-order valence-corrected chi connectivity index (χ0v) is 18.7. The molecule has 1 saturated heterocycles. The van der Waals surface area contributed by atoms with Crippen LogP contribution >= 0.6 is 11.9 Å². The molecule has 0 atom stereocenters. The number of imidazole rings is 1. The molecule has 0 saturated carbocycles. The molecule has 1 fully saturated rings. The Morgan fingerprint density at radius 1 is 1.03 bits per heavy atom. The summed E-state index contributed by atoms with van der Waals surface area (Å²) in [4.78, 5) is 11.5. The van der Waals surface area contributed by atoms with E-state index in [4.69, 9.17) is 0 Å². The van der Waals surface area contributed by atoms with Gasteiger partial charge in [0, 0.05) is 29.9 Å². The minimum Gasteiger partial charge on any atom is -0.331 e. The van der Waals surface area contributed by atoms with Crippen LogP contribution in [0, 0.1) is 0 Å². The maximum absolute atomic E-state index is 4.61. The third-order valence-electron chi connectivity index (χ3n) is 5.50. The molecule has 3 heterocycles. The number of likely N-dealkylation sites (tertiary alicyclic amines) is 1. The fourth-order valence-corrected chi connectivity index (χ4v) is 4.45. The third kappa shape index (κ3) is 5.86. The van der Waals surface area contributed by atoms with E-state index in [0.29, 0.717) is 11.2 Å². The fraction of sp³-hybridized carbons (Fsp3) is 0.417. The van der Waals surface area contributed by atoms with Gasteiger partial charge in [0.1, 0.15) is 0 Å². The number of piperidine rings is 1. The van der Waals surface area contributed by atoms with Crippen molar-refractivity contribution < 1.29 is 0 Å². The summed E-state index contributed by atoms with van der Waals surface area (Å²) in [5.41, 5.74) is 4.88. The Bertz CT molecular complexity index is 916. The summed E-state index contributed by atoms with van der Waals surface area (Å²) in [7, 11) is 0. The van der Waals surface area contributed by atoms with Gasteiger partial charge >= 0.3 is 0 Å². The normalized spacial score (nSPS) is 15.6. The predicted molar refractivity (Wildman–Crippen MR) is 126 cm³/mol. The topological polar surface area (TPSA) is 46.0 Å². The van der Waals surface area contributed by atoms with Gasteiger partial charge in [-0.1, -0.05) is 32.0 Å². The summed E-state index contributed by atoms with van der Waals surface area (Å²) in [6, 6.07) is 15.0. The van der Waals surface area contributed by atoms with Crippen LogP contribution < -0.4 is 4.72 Å². The summed E-state index contributed by atoms with van der Waals surface area (Å²) in [6.45, 7) is 8.36. The van der Waals surface area contributed by atoms with E-state index < -0.39 is 0 Å². The van der Waals surface area contributed by atoms with Gasteiger partial charge in [-0.15, -0.1) is 0 Å². The van der Waals surface area contributed by atoms with E-state index in [1.807, 2.05) is 24.7 Å². The number of pyridine rings is 1. The van der Waals surface area contributed by atoms with E-state index >= 15 is 0 Å². The lowest BCUT2D eigenvalue weighted by molar-refractivity contribution is 0.203. The van der Waals surface area contributed by atoms with Gasteiger partial charge in [-0.25, -0.2) is 4.98 Å². The summed E-state index contributed by atoms with van der Waals surface area (Å²) in [5.74, 6) is 0.647. The van der Waals surface area contributed by atoms with E-state index in [2.05, 4.69) is 74.5 Å². The van der Waals surface area contributed by atoms with Crippen molar-refractivity contribution in [3.05, 3.63) is 78.1 Å². The van der Waals surface area contributed by atoms with Crippen LogP contribution in [0.2, 0.25) is 0 Å². The Morgan fingerprint density at radius 3 is 2.67 bits per heavy atom. The average molecular weight is 422 g/mol. The second-order valence-electron chi connectivity index (χ2n) is 8.30. The molecule has 0 radical (unpaired) electrons. The summed E-state index contributed by atoms with van der Waals surface area (Å²) >= 11 is 1.77. The fourth-order valence-electron chi connectivity index (χ4n) is 3.95. The number of nitrogens with one attached hydrogen (secondary N) is 1. The zero-order valence-electron chi connectivity index (χ0n) is 17.9. The standard InChI is InChI=1S/C24H31N5S/c1-19(2)30-27-22-8-5-6-21(14-22)20-9-12-28(13-10-20)16-24-17-29(18-26-24)15-23-7-3-4-11-25-23/h3-8,11,14,17-20,27H,9-10,12-13,15-16H2,1-2H3. The maximum atomic E-state index is 4.61. The minimum absolute atomic E-state index is 0.573. The molecule has 0 spiro atoms. The minimum atomic E-state index is 0.573. The molecule has 5 nitrogen and oxygen atoms in total. The molecule has 1 aliphatic rings. The van der Waals surface area contributed by atoms with E-state index in [1.165, 1.54) is 24.1 Å². The van der Waals surface area contributed by atoms with Gasteiger partial charge < -0.3 is 9.29 Å². The highest BCUT2D eigenvalue weighted by Gasteiger charge is 2.21. The van der Waals surface area contributed by atoms with Gasteiger partial charge in [0.2, 0.25) is 0 Å². The van der Waals surface area contributed by atoms with Crippen molar-refractivity contribution in [2.75, 3.05) is 17.8 Å². The Hall–Kier alpha value is -2.31. The first-order valence-corrected chi connectivity index (χ1v) is 11.7. The second kappa shape index (κ2) is 10.1. The van der Waals surface area contributed by atoms with Crippen molar-refractivity contribution in [2.24, 2.45) is 0 Å². The molecule has 0 amide bonds. The lowest BCUT2D eigenvalue weighted by atomic mass is 9.89. The van der Waals surface area contributed by atoms with Gasteiger partial charge in [-0.2, -0.15) is 0 Å². The molecule has 158 valence electrons. The smallest absolute Gasteiger partial charge is 0.0953 e. The molecule has 6 heteroatoms. The van der Waals surface area contributed by atoms with Gasteiger partial charge in [0.15, 0.2) is 0 Å². The predicted octanol–water partition coefficient (Wildman–Crippen LogP) is 5.17. The first-order chi connectivity index (χ1) is 14.7. The molecule has 4 rings (SSSR count). The average Bonchev–Trinajstić information content (AvgIpc) is 3.20. The number of hydrogen-bond acceptors (Lipinski definition) is 5. The highest BCUT2D eigenvalue weighted by atomic mass is 32.2. The quantitative estimate of drug-likeness (QED) is 0.508. The molecule has 1 N–H and O–H groups in total. The first-order valence-electron chi connectivity index (χ1n) is 10.8. The van der Waals surface area contributed by atoms with Gasteiger partial charge in [-0.3, -0.25) is 9.88 Å². The lowest BCUT2D eigenvalue weighted by Crippen LogP contribution is -2.32. The first kappa shape index (κ1) is 20.9. The van der Waals surface area contributed by atoms with Crippen LogP contribution in [0.3, 0.4) is 0 Å². The molecular weight excluding hydrogens is 390 g/mol. The molecule has 0 unspecified atom stereocenters. The molecule has 30 heavy (non-hydrogen) atoms. The summed E-state index contributed by atoms with van der Waals surface area (Å²) in [6.07, 6.45) is 8.32. The molecule has 1 aromatic carbocycles. The number of aromatic nitrogens is 3. The molecule has 0 bridgehead atoms. The van der Waals surface area contributed by atoms with Gasteiger partial charge in [0.05, 0.1) is 24.3 Å². The highest BCUT2D eigenvalue weighted by molar-refractivity contribution is 8.01. The SMILES string of the molecule is CC(C)SNc1cccc(C2CCN(Cc3cn(Cc4ccccn4)cn3)CC2)c1.